The molecule has 1 aromatic rings. The second-order valence-corrected chi connectivity index (χ2v) is 3.98. The Morgan fingerprint density at radius 2 is 2.25 bits per heavy atom. The van der Waals surface area contributed by atoms with Crippen LogP contribution in [0.5, 0.6) is 0 Å². The Hall–Kier alpha value is -1.29. The van der Waals surface area contributed by atoms with Gasteiger partial charge in [-0.3, -0.25) is 4.79 Å². The van der Waals surface area contributed by atoms with Crippen molar-refractivity contribution in [2.45, 2.75) is 26.3 Å². The minimum Gasteiger partial charge on any atom is -0.373 e. The standard InChI is InChI=1S/C11H16ClN3O/c1-4-7(2)14-11(16)8-5-9(12)15-10(6-8)13-3/h5-7H,4H2,1-3H3,(H,13,15)(H,14,16). The summed E-state index contributed by atoms with van der Waals surface area (Å²) in [7, 11) is 1.73. The van der Waals surface area contributed by atoms with Crippen LogP contribution in [0, 0.1) is 0 Å². The third kappa shape index (κ3) is 3.38. The van der Waals surface area contributed by atoms with E-state index in [9.17, 15) is 4.79 Å². The molecule has 1 aromatic heterocycles. The average molecular weight is 242 g/mol. The number of carbonyl (C=O) groups is 1. The van der Waals surface area contributed by atoms with Gasteiger partial charge in [-0.25, -0.2) is 4.98 Å². The zero-order chi connectivity index (χ0) is 12.1. The molecule has 0 radical (unpaired) electrons. The Kier molecular flexibility index (Phi) is 4.55. The van der Waals surface area contributed by atoms with E-state index in [4.69, 9.17) is 11.6 Å². The van der Waals surface area contributed by atoms with Crippen molar-refractivity contribution < 1.29 is 4.79 Å². The molecule has 16 heavy (non-hydrogen) atoms. The number of nitrogens with zero attached hydrogens (tertiary/aromatic N) is 1. The molecule has 1 unspecified atom stereocenters. The van der Waals surface area contributed by atoms with Gasteiger partial charge in [0.25, 0.3) is 5.91 Å². The molecule has 88 valence electrons. The van der Waals surface area contributed by atoms with Crippen molar-refractivity contribution in [1.82, 2.24) is 10.3 Å². The molecular weight excluding hydrogens is 226 g/mol. The Morgan fingerprint density at radius 1 is 1.56 bits per heavy atom. The molecule has 1 amide bonds. The van der Waals surface area contributed by atoms with Crippen LogP contribution < -0.4 is 10.6 Å². The lowest BCUT2D eigenvalue weighted by Gasteiger charge is -2.12. The highest BCUT2D eigenvalue weighted by Gasteiger charge is 2.10. The van der Waals surface area contributed by atoms with E-state index in [-0.39, 0.29) is 11.9 Å². The predicted molar refractivity (Wildman–Crippen MR) is 66.0 cm³/mol. The van der Waals surface area contributed by atoms with Gasteiger partial charge in [0.1, 0.15) is 11.0 Å². The lowest BCUT2D eigenvalue weighted by atomic mass is 10.2. The molecule has 5 heteroatoms. The SMILES string of the molecule is CCC(C)NC(=O)c1cc(Cl)nc(NC)c1. The van der Waals surface area contributed by atoms with E-state index < -0.39 is 0 Å². The van der Waals surface area contributed by atoms with Crippen LogP contribution in [0.4, 0.5) is 5.82 Å². The summed E-state index contributed by atoms with van der Waals surface area (Å²) in [5, 5.41) is 6.03. The summed E-state index contributed by atoms with van der Waals surface area (Å²) in [6, 6.07) is 3.38. The molecule has 0 fully saturated rings. The summed E-state index contributed by atoms with van der Waals surface area (Å²) in [4.78, 5) is 15.8. The molecule has 0 bridgehead atoms. The minimum atomic E-state index is -0.129. The van der Waals surface area contributed by atoms with Gasteiger partial charge in [-0.2, -0.15) is 0 Å². The topological polar surface area (TPSA) is 54.0 Å². The number of pyridine rings is 1. The van der Waals surface area contributed by atoms with Gasteiger partial charge < -0.3 is 10.6 Å². The van der Waals surface area contributed by atoms with Crippen LogP contribution >= 0.6 is 11.6 Å². The highest BCUT2D eigenvalue weighted by Crippen LogP contribution is 2.14. The molecule has 0 spiro atoms. The second kappa shape index (κ2) is 5.70. The fourth-order valence-corrected chi connectivity index (χ4v) is 1.37. The number of nitrogens with one attached hydrogen (secondary N) is 2. The number of rotatable bonds is 4. The number of aromatic nitrogens is 1. The zero-order valence-electron chi connectivity index (χ0n) is 9.67. The van der Waals surface area contributed by atoms with Crippen LogP contribution in [-0.4, -0.2) is 24.0 Å². The third-order valence-electron chi connectivity index (χ3n) is 2.30. The van der Waals surface area contributed by atoms with Gasteiger partial charge in [-0.05, 0) is 25.5 Å². The highest BCUT2D eigenvalue weighted by molar-refractivity contribution is 6.29. The van der Waals surface area contributed by atoms with E-state index in [1.807, 2.05) is 13.8 Å². The first-order valence-electron chi connectivity index (χ1n) is 5.23. The summed E-state index contributed by atoms with van der Waals surface area (Å²) in [6.45, 7) is 3.98. The normalized spacial score (nSPS) is 12.0. The van der Waals surface area contributed by atoms with E-state index in [0.717, 1.165) is 6.42 Å². The molecule has 0 aromatic carbocycles. The first-order chi connectivity index (χ1) is 7.56. The smallest absolute Gasteiger partial charge is 0.251 e. The van der Waals surface area contributed by atoms with Crippen molar-refractivity contribution in [2.24, 2.45) is 0 Å². The molecule has 0 aliphatic carbocycles. The maximum Gasteiger partial charge on any atom is 0.251 e. The Balaban J connectivity index is 2.86. The maximum atomic E-state index is 11.8. The molecule has 0 saturated heterocycles. The second-order valence-electron chi connectivity index (χ2n) is 3.60. The third-order valence-corrected chi connectivity index (χ3v) is 2.50. The van der Waals surface area contributed by atoms with Crippen molar-refractivity contribution in [1.29, 1.82) is 0 Å². The molecule has 0 aliphatic rings. The van der Waals surface area contributed by atoms with E-state index >= 15 is 0 Å². The lowest BCUT2D eigenvalue weighted by Crippen LogP contribution is -2.32. The maximum absolute atomic E-state index is 11.8. The first-order valence-corrected chi connectivity index (χ1v) is 5.60. The van der Waals surface area contributed by atoms with Crippen LogP contribution in [0.25, 0.3) is 0 Å². The van der Waals surface area contributed by atoms with Crippen LogP contribution in [0.2, 0.25) is 5.15 Å². The number of amides is 1. The van der Waals surface area contributed by atoms with Crippen molar-refractivity contribution in [2.75, 3.05) is 12.4 Å². The number of hydrogen-bond donors (Lipinski definition) is 2. The molecule has 0 aliphatic heterocycles. The molecule has 1 heterocycles. The van der Waals surface area contributed by atoms with Crippen LogP contribution in [0.15, 0.2) is 12.1 Å². The zero-order valence-corrected chi connectivity index (χ0v) is 10.4. The molecule has 1 atom stereocenters. The van der Waals surface area contributed by atoms with E-state index in [2.05, 4.69) is 15.6 Å². The largest absolute Gasteiger partial charge is 0.373 e. The number of carbonyl (C=O) groups excluding carboxylic acids is 1. The fourth-order valence-electron chi connectivity index (χ4n) is 1.17. The van der Waals surface area contributed by atoms with Crippen molar-refractivity contribution in [3.63, 3.8) is 0 Å². The summed E-state index contributed by atoms with van der Waals surface area (Å²) in [6.07, 6.45) is 0.892. The van der Waals surface area contributed by atoms with E-state index in [1.165, 1.54) is 0 Å². The molecular formula is C11H16ClN3O. The fraction of sp³-hybridized carbons (Fsp3) is 0.455. The van der Waals surface area contributed by atoms with Gasteiger partial charge in [0.05, 0.1) is 0 Å². The molecule has 2 N–H and O–H groups in total. The Bertz CT molecular complexity index is 381. The van der Waals surface area contributed by atoms with Crippen LogP contribution in [0.1, 0.15) is 30.6 Å². The molecule has 0 saturated carbocycles. The average Bonchev–Trinajstić information content (AvgIpc) is 2.27. The summed E-state index contributed by atoms with van der Waals surface area (Å²) < 4.78 is 0. The molecule has 4 nitrogen and oxygen atoms in total. The predicted octanol–water partition coefficient (Wildman–Crippen LogP) is 2.31. The van der Waals surface area contributed by atoms with Gasteiger partial charge in [0.15, 0.2) is 0 Å². The Morgan fingerprint density at radius 3 is 2.81 bits per heavy atom. The minimum absolute atomic E-state index is 0.129. The number of halogens is 1. The number of anilines is 1. The lowest BCUT2D eigenvalue weighted by molar-refractivity contribution is 0.0939. The van der Waals surface area contributed by atoms with Crippen LogP contribution in [-0.2, 0) is 0 Å². The van der Waals surface area contributed by atoms with Gasteiger partial charge in [0, 0.05) is 18.7 Å². The van der Waals surface area contributed by atoms with Crippen molar-refractivity contribution in [3.8, 4) is 0 Å². The van der Waals surface area contributed by atoms with E-state index in [0.29, 0.717) is 16.5 Å². The Labute approximate surface area is 100 Å². The summed E-state index contributed by atoms with van der Waals surface area (Å²) in [5.74, 6) is 0.456. The van der Waals surface area contributed by atoms with Crippen molar-refractivity contribution in [3.05, 3.63) is 22.8 Å². The quantitative estimate of drug-likeness (QED) is 0.796. The highest BCUT2D eigenvalue weighted by atomic mass is 35.5. The van der Waals surface area contributed by atoms with Crippen LogP contribution in [0.3, 0.4) is 0 Å². The van der Waals surface area contributed by atoms with Gasteiger partial charge in [-0.1, -0.05) is 18.5 Å². The van der Waals surface area contributed by atoms with Gasteiger partial charge in [-0.15, -0.1) is 0 Å². The van der Waals surface area contributed by atoms with Gasteiger partial charge in [0.2, 0.25) is 0 Å². The summed E-state index contributed by atoms with van der Waals surface area (Å²) >= 11 is 5.81. The van der Waals surface area contributed by atoms with Gasteiger partial charge >= 0.3 is 0 Å². The first kappa shape index (κ1) is 12.8. The monoisotopic (exact) mass is 241 g/mol. The van der Waals surface area contributed by atoms with Crippen molar-refractivity contribution >= 4 is 23.3 Å². The summed E-state index contributed by atoms with van der Waals surface area (Å²) in [5.41, 5.74) is 0.518. The van der Waals surface area contributed by atoms with E-state index in [1.54, 1.807) is 19.2 Å². The number of hydrogen-bond acceptors (Lipinski definition) is 3. The molecule has 1 rings (SSSR count).